The summed E-state index contributed by atoms with van der Waals surface area (Å²) in [6.07, 6.45) is 0.836. The van der Waals surface area contributed by atoms with E-state index in [0.29, 0.717) is 19.4 Å². The van der Waals surface area contributed by atoms with Gasteiger partial charge in [-0.1, -0.05) is 0 Å². The summed E-state index contributed by atoms with van der Waals surface area (Å²) in [5, 5.41) is 0. The van der Waals surface area contributed by atoms with Gasteiger partial charge in [0, 0.05) is 0 Å². The second kappa shape index (κ2) is 21.9. The molecule has 244 valence electrons. The first kappa shape index (κ1) is 45.4. The molecule has 3 atom stereocenters. The summed E-state index contributed by atoms with van der Waals surface area (Å²) in [7, 11) is -6.18. The third kappa shape index (κ3) is 11.8. The van der Waals surface area contributed by atoms with Crippen molar-refractivity contribution in [1.82, 2.24) is 0 Å². The first-order valence-electron chi connectivity index (χ1n) is 13.7. The van der Waals surface area contributed by atoms with Gasteiger partial charge in [-0.05, 0) is 0 Å². The molecule has 2 aliphatic rings. The molecule has 1 aliphatic carbocycles. The van der Waals surface area contributed by atoms with Crippen LogP contribution >= 0.6 is 0 Å². The number of nitrogens with zero attached hydrogens (tertiary/aromatic N) is 1. The van der Waals surface area contributed by atoms with Crippen LogP contribution in [0, 0.1) is 50.5 Å². The average Bonchev–Trinajstić information content (AvgIpc) is 3.07. The third-order valence-corrected chi connectivity index (χ3v) is 9.72. The van der Waals surface area contributed by atoms with Crippen LogP contribution in [0.15, 0.2) is 60.7 Å². The summed E-state index contributed by atoms with van der Waals surface area (Å²) < 4.78 is 81.7. The summed E-state index contributed by atoms with van der Waals surface area (Å²) in [5.74, 6) is -0.362. The van der Waals surface area contributed by atoms with Crippen molar-refractivity contribution in [2.45, 2.75) is 52.5 Å². The van der Waals surface area contributed by atoms with Gasteiger partial charge < -0.3 is 0 Å². The molecular weight excluding hydrogens is 655 g/mol. The van der Waals surface area contributed by atoms with E-state index in [1.54, 1.807) is 0 Å². The van der Waals surface area contributed by atoms with E-state index >= 15 is 8.63 Å². The zero-order valence-electron chi connectivity index (χ0n) is 26.1. The van der Waals surface area contributed by atoms with E-state index in [0.717, 1.165) is 11.1 Å². The van der Waals surface area contributed by atoms with E-state index in [1.165, 1.54) is 0 Å². The van der Waals surface area contributed by atoms with Crippen molar-refractivity contribution in [2.75, 3.05) is 13.2 Å². The number of ketones is 1. The Morgan fingerprint density at radius 2 is 1.30 bits per heavy atom. The van der Waals surface area contributed by atoms with Gasteiger partial charge in [-0.25, -0.2) is 0 Å². The van der Waals surface area contributed by atoms with Gasteiger partial charge in [0.1, 0.15) is 0 Å². The average molecular weight is 692 g/mol. The molecule has 0 radical (unpaired) electrons. The summed E-state index contributed by atoms with van der Waals surface area (Å²) in [6.45, 7) is 31.6. The Hall–Kier alpha value is -2.77. The first-order chi connectivity index (χ1) is 21.9. The van der Waals surface area contributed by atoms with Gasteiger partial charge in [-0.15, -0.1) is 0 Å². The number of hydrogen-bond acceptors (Lipinski definition) is 3. The van der Waals surface area contributed by atoms with Crippen LogP contribution in [0.4, 0.5) is 8.63 Å². The fourth-order valence-electron chi connectivity index (χ4n) is 5.92. The van der Waals surface area contributed by atoms with Crippen LogP contribution in [-0.2, 0) is 66.1 Å². The van der Waals surface area contributed by atoms with E-state index in [9.17, 15) is 4.79 Å². The molecule has 2 aromatic carbocycles. The van der Waals surface area contributed by atoms with Gasteiger partial charge in [0.25, 0.3) is 0 Å². The molecule has 4 rings (SSSR count). The molecule has 1 heterocycles. The number of halogens is 2. The molecule has 1 aliphatic heterocycles. The van der Waals surface area contributed by atoms with Gasteiger partial charge >= 0.3 is 280 Å². The van der Waals surface area contributed by atoms with E-state index in [4.69, 9.17) is 32.3 Å². The monoisotopic (exact) mass is 691 g/mol. The predicted molar refractivity (Wildman–Crippen MR) is 158 cm³/mol. The van der Waals surface area contributed by atoms with Crippen molar-refractivity contribution in [1.29, 1.82) is 0 Å². The molecule has 0 aromatic heterocycles. The number of carbonyl (C=O) groups excluding carboxylic acids is 1. The topological polar surface area (TPSA) is 135 Å². The maximum absolute atomic E-state index is 16.2. The van der Waals surface area contributed by atoms with Crippen molar-refractivity contribution in [3.05, 3.63) is 105 Å². The van der Waals surface area contributed by atoms with Crippen molar-refractivity contribution < 1.29 is 66.0 Å². The third-order valence-electron chi connectivity index (χ3n) is 7.91. The van der Waals surface area contributed by atoms with Crippen LogP contribution in [0.5, 0.6) is 0 Å². The van der Waals surface area contributed by atoms with Crippen LogP contribution in [-0.4, -0.2) is 43.3 Å². The number of rotatable bonds is 7. The molecular formula is C32H36BCrF2NO8Si. The second-order valence-corrected chi connectivity index (χ2v) is 16.7. The molecule has 0 amide bonds. The van der Waals surface area contributed by atoms with Crippen molar-refractivity contribution in [3.8, 4) is 0 Å². The summed E-state index contributed by atoms with van der Waals surface area (Å²) in [5.41, 5.74) is 0.958. The number of carbonyl (C=O) groups is 1. The Labute approximate surface area is 279 Å². The number of benzene rings is 2. The Bertz CT molecular complexity index is 1260. The zero-order valence-corrected chi connectivity index (χ0v) is 28.4. The minimum absolute atomic E-state index is 0.141. The molecule has 1 spiro atoms. The predicted octanol–water partition coefficient (Wildman–Crippen LogP) is 5.55. The molecule has 2 fully saturated rings. The number of hydrogen-bond donors (Lipinski definition) is 0. The van der Waals surface area contributed by atoms with Gasteiger partial charge in [-0.2, -0.15) is 0 Å². The molecule has 1 saturated heterocycles. The van der Waals surface area contributed by atoms with E-state index in [2.05, 4.69) is 68.7 Å². The first-order valence-corrected chi connectivity index (χ1v) is 17.8. The molecule has 46 heavy (non-hydrogen) atoms. The van der Waals surface area contributed by atoms with Crippen molar-refractivity contribution in [2.24, 2.45) is 17.3 Å². The van der Waals surface area contributed by atoms with Crippen molar-refractivity contribution >= 4 is 25.7 Å². The van der Waals surface area contributed by atoms with E-state index in [1.807, 2.05) is 67.6 Å². The molecule has 9 nitrogen and oxygen atoms in total. The molecule has 0 bridgehead atoms. The molecule has 0 N–H and O–H groups in total. The quantitative estimate of drug-likeness (QED) is 0.214. The summed E-state index contributed by atoms with van der Waals surface area (Å²) >= 11 is 2.89. The Morgan fingerprint density at radius 1 is 0.891 bits per heavy atom. The van der Waals surface area contributed by atoms with Crippen LogP contribution in [0.2, 0.25) is 19.6 Å². The fraction of sp³-hybridized carbons (Fsp3) is 0.406. The van der Waals surface area contributed by atoms with Crippen LogP contribution in [0.3, 0.4) is 0 Å². The van der Waals surface area contributed by atoms with Gasteiger partial charge in [0.05, 0.1) is 0 Å². The Morgan fingerprint density at radius 3 is 1.70 bits per heavy atom. The van der Waals surface area contributed by atoms with Crippen LogP contribution < -0.4 is 0 Å². The summed E-state index contributed by atoms with van der Waals surface area (Å²) in [4.78, 5) is 12.9. The Balaban J connectivity index is 0. The van der Waals surface area contributed by atoms with Crippen LogP contribution in [0.1, 0.15) is 30.9 Å². The van der Waals surface area contributed by atoms with E-state index in [-0.39, 0.29) is 41.8 Å². The van der Waals surface area contributed by atoms with Crippen LogP contribution in [0.25, 0.3) is 0 Å². The standard InChI is InChI=1S/C27H36BF2NO3Si.5CO.Cr/c1-22-25(19-34-35(2,3)4)27(16-15-26(22)32)20-31(28(29,30)33-21-27,17-23-11-7-5-8-12-23)18-24-13-9-6-10-14-24;5*1-2;/h5-14,22,25H,15-20H2,1-4H3;;;;;;/t22-,25-,27-;;;;;;/m0....../s1. The van der Waals surface area contributed by atoms with Gasteiger partial charge in [-0.3, -0.25) is 0 Å². The molecule has 14 heteroatoms. The molecule has 1 saturated carbocycles. The second-order valence-electron chi connectivity index (χ2n) is 11.6. The SMILES string of the molecule is C[C@@H]1C(=O)CC[C@@]2(C[N+](Cc3ccccc3)(Cc3ccccc3)[B-](F)(F)O[C]2=[Cr])[C@H]1CO[Si](C)(C)C.[C-]#[O+].[C-]#[O+].[C-]#[O+].[C-]#[O+].[C-]#[O+]. The molecule has 0 unspecified atom stereocenters. The van der Waals surface area contributed by atoms with Crippen molar-refractivity contribution in [3.63, 3.8) is 0 Å². The number of quaternary nitrogens is 1. The maximum atomic E-state index is 16.2. The zero-order chi connectivity index (χ0) is 36.2. The minimum atomic E-state index is -4.28. The Kier molecular flexibility index (Phi) is 21.6. The fourth-order valence-corrected chi connectivity index (χ4v) is 7.28. The van der Waals surface area contributed by atoms with Gasteiger partial charge in [0.2, 0.25) is 0 Å². The summed E-state index contributed by atoms with van der Waals surface area (Å²) in [6, 6.07) is 18.9. The van der Waals surface area contributed by atoms with Gasteiger partial charge in [0.15, 0.2) is 0 Å². The number of Topliss-reactive ketones (excluding diaryl/α,β-unsaturated/α-hetero) is 1. The van der Waals surface area contributed by atoms with E-state index < -0.39 is 25.2 Å². The molecule has 2 aromatic rings. The normalized spacial score (nSPS) is 22.0.